The molecular formula is C7H10Cl2N2O3. The third-order valence-corrected chi connectivity index (χ3v) is 1.84. The highest BCUT2D eigenvalue weighted by Crippen LogP contribution is 2.05. The third-order valence-electron chi connectivity index (χ3n) is 1.23. The van der Waals surface area contributed by atoms with Crippen LogP contribution in [0.2, 0.25) is 0 Å². The van der Waals surface area contributed by atoms with Crippen molar-refractivity contribution >= 4 is 35.1 Å². The number of amides is 1. The Bertz CT molecular complexity index is 239. The maximum absolute atomic E-state index is 10.6. The predicted molar refractivity (Wildman–Crippen MR) is 53.1 cm³/mol. The summed E-state index contributed by atoms with van der Waals surface area (Å²) >= 11 is 10.9. The molecule has 80 valence electrons. The molecule has 0 saturated carbocycles. The van der Waals surface area contributed by atoms with Gasteiger partial charge in [-0.15, -0.1) is 0 Å². The van der Waals surface area contributed by atoms with Gasteiger partial charge in [0.15, 0.2) is 0 Å². The van der Waals surface area contributed by atoms with Crippen LogP contribution in [0.3, 0.4) is 0 Å². The number of rotatable bonds is 6. The maximum atomic E-state index is 10.6. The fourth-order valence-corrected chi connectivity index (χ4v) is 1.07. The number of halogens is 2. The molecule has 0 rings (SSSR count). The van der Waals surface area contributed by atoms with Crippen molar-refractivity contribution in [2.24, 2.45) is 5.73 Å². The second-order valence-corrected chi connectivity index (χ2v) is 3.26. The van der Waals surface area contributed by atoms with Crippen LogP contribution in [-0.4, -0.2) is 41.5 Å². The monoisotopic (exact) mass is 240 g/mol. The summed E-state index contributed by atoms with van der Waals surface area (Å²) in [5.74, 6) is -1.68. The van der Waals surface area contributed by atoms with Crippen molar-refractivity contribution in [3.05, 3.63) is 10.6 Å². The predicted octanol–water partition coefficient (Wildman–Crippen LogP) is 0.177. The molecule has 14 heavy (non-hydrogen) atoms. The molecule has 0 bridgehead atoms. The molecule has 0 unspecified atom stereocenters. The van der Waals surface area contributed by atoms with Crippen molar-refractivity contribution in [2.75, 3.05) is 19.6 Å². The Morgan fingerprint density at radius 3 is 2.29 bits per heavy atom. The van der Waals surface area contributed by atoms with Gasteiger partial charge in [0.1, 0.15) is 0 Å². The van der Waals surface area contributed by atoms with E-state index in [0.717, 1.165) is 5.54 Å². The highest BCUT2D eigenvalue weighted by Gasteiger charge is 2.12. The Hall–Kier alpha value is -0.780. The van der Waals surface area contributed by atoms with Gasteiger partial charge in [-0.2, -0.15) is 0 Å². The van der Waals surface area contributed by atoms with E-state index in [-0.39, 0.29) is 24.7 Å². The first-order chi connectivity index (χ1) is 6.45. The summed E-state index contributed by atoms with van der Waals surface area (Å²) in [6.07, 6.45) is 0. The summed E-state index contributed by atoms with van der Waals surface area (Å²) < 4.78 is 0. The van der Waals surface area contributed by atoms with E-state index in [2.05, 4.69) is 0 Å². The molecule has 1 amide bonds. The Morgan fingerprint density at radius 2 is 1.93 bits per heavy atom. The highest BCUT2D eigenvalue weighted by atomic mass is 35.5. The Morgan fingerprint density at radius 1 is 1.36 bits per heavy atom. The minimum Gasteiger partial charge on any atom is -0.480 e. The van der Waals surface area contributed by atoms with E-state index in [1.165, 1.54) is 4.90 Å². The second-order valence-electron chi connectivity index (χ2n) is 2.56. The van der Waals surface area contributed by atoms with Gasteiger partial charge in [-0.3, -0.25) is 14.5 Å². The summed E-state index contributed by atoms with van der Waals surface area (Å²) in [6, 6.07) is 0. The number of primary amides is 1. The quantitative estimate of drug-likeness (QED) is 0.694. The molecule has 0 atom stereocenters. The van der Waals surface area contributed by atoms with Crippen molar-refractivity contribution in [2.45, 2.75) is 0 Å². The van der Waals surface area contributed by atoms with E-state index >= 15 is 0 Å². The van der Waals surface area contributed by atoms with Gasteiger partial charge >= 0.3 is 5.97 Å². The Balaban J connectivity index is 4.24. The van der Waals surface area contributed by atoms with E-state index < -0.39 is 11.9 Å². The van der Waals surface area contributed by atoms with Crippen molar-refractivity contribution in [3.8, 4) is 0 Å². The number of hydrogen-bond acceptors (Lipinski definition) is 3. The van der Waals surface area contributed by atoms with Crippen LogP contribution in [0, 0.1) is 0 Å². The van der Waals surface area contributed by atoms with Gasteiger partial charge in [0, 0.05) is 17.1 Å². The number of aliphatic carboxylic acids is 1. The Labute approximate surface area is 91.1 Å². The van der Waals surface area contributed by atoms with E-state index in [4.69, 9.17) is 34.0 Å². The van der Waals surface area contributed by atoms with Crippen LogP contribution in [0.25, 0.3) is 0 Å². The van der Waals surface area contributed by atoms with Crippen LogP contribution >= 0.6 is 23.2 Å². The molecule has 0 spiro atoms. The first-order valence-corrected chi connectivity index (χ1v) is 4.44. The fraction of sp³-hybridized carbons (Fsp3) is 0.429. The molecule has 0 saturated heterocycles. The normalized spacial score (nSPS) is 11.8. The molecule has 0 aliphatic heterocycles. The average molecular weight is 241 g/mol. The van der Waals surface area contributed by atoms with Crippen LogP contribution in [0.5, 0.6) is 0 Å². The zero-order valence-electron chi connectivity index (χ0n) is 7.24. The number of carbonyl (C=O) groups excluding carboxylic acids is 1. The van der Waals surface area contributed by atoms with Gasteiger partial charge in [0.2, 0.25) is 5.91 Å². The highest BCUT2D eigenvalue weighted by molar-refractivity contribution is 6.36. The maximum Gasteiger partial charge on any atom is 0.317 e. The van der Waals surface area contributed by atoms with Crippen molar-refractivity contribution < 1.29 is 14.7 Å². The molecule has 0 aromatic rings. The van der Waals surface area contributed by atoms with Crippen LogP contribution in [-0.2, 0) is 9.59 Å². The SMILES string of the molecule is NC(=O)CN(CC(=O)O)CC(Cl)=CCl. The van der Waals surface area contributed by atoms with Crippen LogP contribution in [0.4, 0.5) is 0 Å². The summed E-state index contributed by atoms with van der Waals surface area (Å²) in [6.45, 7) is -0.405. The molecule has 0 heterocycles. The molecule has 0 fully saturated rings. The summed E-state index contributed by atoms with van der Waals surface area (Å²) in [7, 11) is 0. The van der Waals surface area contributed by atoms with Gasteiger partial charge in [-0.05, 0) is 0 Å². The molecule has 5 nitrogen and oxygen atoms in total. The molecule has 7 heteroatoms. The zero-order chi connectivity index (χ0) is 11.1. The van der Waals surface area contributed by atoms with E-state index in [0.29, 0.717) is 0 Å². The molecule has 0 aromatic heterocycles. The number of carbonyl (C=O) groups is 2. The standard InChI is InChI=1S/C7H10Cl2N2O3/c8-1-5(9)2-11(3-6(10)12)4-7(13)14/h1H,2-4H2,(H2,10,12)(H,13,14). The molecule has 3 N–H and O–H groups in total. The first kappa shape index (κ1) is 13.2. The number of nitrogens with zero attached hydrogens (tertiary/aromatic N) is 1. The molecular weight excluding hydrogens is 231 g/mol. The lowest BCUT2D eigenvalue weighted by molar-refractivity contribution is -0.138. The van der Waals surface area contributed by atoms with Crippen LogP contribution in [0.1, 0.15) is 0 Å². The lowest BCUT2D eigenvalue weighted by atomic mass is 10.4. The summed E-state index contributed by atoms with van der Waals surface area (Å²) in [4.78, 5) is 22.2. The van der Waals surface area contributed by atoms with E-state index in [1.807, 2.05) is 0 Å². The Kier molecular flexibility index (Phi) is 6.27. The van der Waals surface area contributed by atoms with Gasteiger partial charge in [-0.25, -0.2) is 0 Å². The number of hydrogen-bond donors (Lipinski definition) is 2. The van der Waals surface area contributed by atoms with Gasteiger partial charge in [0.05, 0.1) is 13.1 Å². The second kappa shape index (κ2) is 6.64. The number of carboxylic acid groups (broad SMARTS) is 1. The van der Waals surface area contributed by atoms with Gasteiger partial charge in [0.25, 0.3) is 0 Å². The third kappa shape index (κ3) is 6.71. The fourth-order valence-electron chi connectivity index (χ4n) is 0.827. The van der Waals surface area contributed by atoms with Crippen molar-refractivity contribution in [1.82, 2.24) is 4.90 Å². The first-order valence-electron chi connectivity index (χ1n) is 3.63. The molecule has 0 aliphatic rings. The van der Waals surface area contributed by atoms with Gasteiger partial charge in [-0.1, -0.05) is 23.2 Å². The smallest absolute Gasteiger partial charge is 0.317 e. The lowest BCUT2D eigenvalue weighted by Gasteiger charge is -2.17. The molecule has 0 aromatic carbocycles. The number of carboxylic acids is 1. The summed E-state index contributed by atoms with van der Waals surface area (Å²) in [5, 5.41) is 8.74. The average Bonchev–Trinajstić information content (AvgIpc) is 2.01. The van der Waals surface area contributed by atoms with Crippen molar-refractivity contribution in [3.63, 3.8) is 0 Å². The van der Waals surface area contributed by atoms with E-state index in [9.17, 15) is 9.59 Å². The minimum atomic E-state index is -1.06. The van der Waals surface area contributed by atoms with Gasteiger partial charge < -0.3 is 10.8 Å². The summed E-state index contributed by atoms with van der Waals surface area (Å²) in [5.41, 5.74) is 6.03. The zero-order valence-corrected chi connectivity index (χ0v) is 8.75. The lowest BCUT2D eigenvalue weighted by Crippen LogP contribution is -2.38. The van der Waals surface area contributed by atoms with Crippen LogP contribution in [0.15, 0.2) is 10.6 Å². The minimum absolute atomic E-state index is 0.0836. The largest absolute Gasteiger partial charge is 0.480 e. The van der Waals surface area contributed by atoms with Crippen LogP contribution < -0.4 is 5.73 Å². The van der Waals surface area contributed by atoms with E-state index in [1.54, 1.807) is 0 Å². The number of nitrogens with two attached hydrogens (primary N) is 1. The topological polar surface area (TPSA) is 83.6 Å². The molecule has 0 aliphatic carbocycles. The molecule has 0 radical (unpaired) electrons. The van der Waals surface area contributed by atoms with Crippen molar-refractivity contribution in [1.29, 1.82) is 0 Å².